The quantitative estimate of drug-likeness (QED) is 0.944. The number of hydrogen-bond acceptors (Lipinski definition) is 3. The Hall–Kier alpha value is -1.66. The number of anilines is 1. The van der Waals surface area contributed by atoms with Crippen LogP contribution in [-0.2, 0) is 10.0 Å². The van der Waals surface area contributed by atoms with Crippen LogP contribution in [0.4, 0.5) is 10.2 Å². The van der Waals surface area contributed by atoms with Gasteiger partial charge in [0.25, 0.3) is 10.0 Å². The third kappa shape index (κ3) is 2.96. The molecule has 1 heterocycles. The van der Waals surface area contributed by atoms with Gasteiger partial charge in [0.2, 0.25) is 0 Å². The van der Waals surface area contributed by atoms with E-state index in [1.165, 1.54) is 36.5 Å². The summed E-state index contributed by atoms with van der Waals surface area (Å²) in [6.45, 7) is 0. The van der Waals surface area contributed by atoms with E-state index in [4.69, 9.17) is 11.6 Å². The Kier molecular flexibility index (Phi) is 3.49. The van der Waals surface area contributed by atoms with Crippen molar-refractivity contribution in [2.24, 2.45) is 0 Å². The van der Waals surface area contributed by atoms with Crippen LogP contribution >= 0.6 is 11.6 Å². The van der Waals surface area contributed by atoms with Gasteiger partial charge in [-0.25, -0.2) is 17.8 Å². The second-order valence-corrected chi connectivity index (χ2v) is 5.54. The summed E-state index contributed by atoms with van der Waals surface area (Å²) in [5.41, 5.74) is 0. The third-order valence-corrected chi connectivity index (χ3v) is 3.65. The Morgan fingerprint density at radius 1 is 1.22 bits per heavy atom. The predicted octanol–water partition coefficient (Wildman–Crippen LogP) is 2.67. The van der Waals surface area contributed by atoms with Crippen LogP contribution in [0.3, 0.4) is 0 Å². The van der Waals surface area contributed by atoms with Gasteiger partial charge in [-0.15, -0.1) is 0 Å². The van der Waals surface area contributed by atoms with E-state index in [1.54, 1.807) is 0 Å². The minimum atomic E-state index is -3.84. The molecule has 1 aromatic carbocycles. The third-order valence-electron chi connectivity index (χ3n) is 2.07. The lowest BCUT2D eigenvalue weighted by atomic mass is 10.4. The second-order valence-electron chi connectivity index (χ2n) is 3.42. The highest BCUT2D eigenvalue weighted by molar-refractivity contribution is 7.92. The maximum absolute atomic E-state index is 13.0. The lowest BCUT2D eigenvalue weighted by Crippen LogP contribution is -2.13. The number of benzene rings is 1. The predicted molar refractivity (Wildman–Crippen MR) is 66.5 cm³/mol. The Labute approximate surface area is 108 Å². The Morgan fingerprint density at radius 2 is 2.00 bits per heavy atom. The lowest BCUT2D eigenvalue weighted by Gasteiger charge is -2.07. The fourth-order valence-corrected chi connectivity index (χ4v) is 2.42. The van der Waals surface area contributed by atoms with Crippen LogP contribution in [0.5, 0.6) is 0 Å². The van der Waals surface area contributed by atoms with Crippen molar-refractivity contribution in [2.75, 3.05) is 4.72 Å². The maximum Gasteiger partial charge on any atom is 0.263 e. The van der Waals surface area contributed by atoms with E-state index >= 15 is 0 Å². The summed E-state index contributed by atoms with van der Waals surface area (Å²) in [6, 6.07) is 7.62. The topological polar surface area (TPSA) is 59.1 Å². The van der Waals surface area contributed by atoms with Gasteiger partial charge in [-0.2, -0.15) is 0 Å². The molecule has 1 N–H and O–H groups in total. The van der Waals surface area contributed by atoms with Crippen molar-refractivity contribution in [2.45, 2.75) is 4.90 Å². The van der Waals surface area contributed by atoms with Crippen molar-refractivity contribution < 1.29 is 12.8 Å². The highest BCUT2D eigenvalue weighted by Crippen LogP contribution is 2.16. The highest BCUT2D eigenvalue weighted by atomic mass is 35.5. The standard InChI is InChI=1S/C11H8ClFN2O2S/c12-8-4-5-11(14-7-8)15-18(16,17)10-3-1-2-9(13)6-10/h1-7H,(H,14,15). The van der Waals surface area contributed by atoms with Gasteiger partial charge in [0.1, 0.15) is 11.6 Å². The van der Waals surface area contributed by atoms with Crippen molar-refractivity contribution in [3.63, 3.8) is 0 Å². The Morgan fingerprint density at radius 3 is 2.61 bits per heavy atom. The fraction of sp³-hybridized carbons (Fsp3) is 0. The number of sulfonamides is 1. The van der Waals surface area contributed by atoms with E-state index in [0.717, 1.165) is 6.07 Å². The molecule has 18 heavy (non-hydrogen) atoms. The first-order valence-electron chi connectivity index (χ1n) is 4.87. The van der Waals surface area contributed by atoms with Crippen LogP contribution in [0, 0.1) is 5.82 Å². The minimum absolute atomic E-state index is 0.115. The van der Waals surface area contributed by atoms with Crippen LogP contribution in [0.15, 0.2) is 47.5 Å². The smallest absolute Gasteiger partial charge is 0.263 e. The van der Waals surface area contributed by atoms with Gasteiger partial charge in [-0.3, -0.25) is 4.72 Å². The molecule has 0 aliphatic carbocycles. The average Bonchev–Trinajstić information content (AvgIpc) is 2.32. The molecule has 0 aliphatic heterocycles. The molecule has 0 saturated heterocycles. The molecule has 0 atom stereocenters. The van der Waals surface area contributed by atoms with E-state index in [9.17, 15) is 12.8 Å². The number of pyridine rings is 1. The molecule has 0 radical (unpaired) electrons. The number of aromatic nitrogens is 1. The van der Waals surface area contributed by atoms with E-state index in [0.29, 0.717) is 5.02 Å². The molecule has 0 unspecified atom stereocenters. The zero-order valence-electron chi connectivity index (χ0n) is 8.97. The summed E-state index contributed by atoms with van der Waals surface area (Å²) >= 11 is 5.63. The van der Waals surface area contributed by atoms with Crippen LogP contribution in [0.2, 0.25) is 5.02 Å². The molecule has 2 rings (SSSR count). The first-order chi connectivity index (χ1) is 8.47. The monoisotopic (exact) mass is 286 g/mol. The van der Waals surface area contributed by atoms with E-state index in [2.05, 4.69) is 9.71 Å². The lowest BCUT2D eigenvalue weighted by molar-refractivity contribution is 0.595. The minimum Gasteiger partial charge on any atom is -0.263 e. The van der Waals surface area contributed by atoms with Gasteiger partial charge in [0, 0.05) is 6.20 Å². The summed E-state index contributed by atoms with van der Waals surface area (Å²) in [4.78, 5) is 3.63. The molecule has 94 valence electrons. The van der Waals surface area contributed by atoms with E-state index in [1.807, 2.05) is 0 Å². The number of hydrogen-bond donors (Lipinski definition) is 1. The van der Waals surface area contributed by atoms with Crippen LogP contribution in [-0.4, -0.2) is 13.4 Å². The van der Waals surface area contributed by atoms with Gasteiger partial charge in [-0.1, -0.05) is 17.7 Å². The molecule has 1 aromatic heterocycles. The van der Waals surface area contributed by atoms with E-state index in [-0.39, 0.29) is 10.7 Å². The number of nitrogens with one attached hydrogen (secondary N) is 1. The van der Waals surface area contributed by atoms with Gasteiger partial charge in [0.15, 0.2) is 0 Å². The molecule has 7 heteroatoms. The van der Waals surface area contributed by atoms with Crippen molar-refractivity contribution in [1.29, 1.82) is 0 Å². The van der Waals surface area contributed by atoms with Crippen molar-refractivity contribution in [1.82, 2.24) is 4.98 Å². The van der Waals surface area contributed by atoms with Crippen LogP contribution in [0.1, 0.15) is 0 Å². The molecule has 0 spiro atoms. The molecular formula is C11H8ClFN2O2S. The van der Waals surface area contributed by atoms with Crippen molar-refractivity contribution in [3.05, 3.63) is 53.4 Å². The summed E-state index contributed by atoms with van der Waals surface area (Å²) in [7, 11) is -3.84. The summed E-state index contributed by atoms with van der Waals surface area (Å²) in [6.07, 6.45) is 1.31. The first kappa shape index (κ1) is 12.8. The summed E-state index contributed by atoms with van der Waals surface area (Å²) < 4.78 is 39.0. The van der Waals surface area contributed by atoms with Gasteiger partial charge < -0.3 is 0 Å². The first-order valence-corrected chi connectivity index (χ1v) is 6.73. The number of halogens is 2. The SMILES string of the molecule is O=S(=O)(Nc1ccc(Cl)cn1)c1cccc(F)c1. The second kappa shape index (κ2) is 4.91. The molecule has 0 amide bonds. The zero-order valence-corrected chi connectivity index (χ0v) is 10.5. The molecule has 4 nitrogen and oxygen atoms in total. The molecule has 0 aliphatic rings. The van der Waals surface area contributed by atoms with Crippen molar-refractivity contribution >= 4 is 27.4 Å². The van der Waals surface area contributed by atoms with Gasteiger partial charge >= 0.3 is 0 Å². The van der Waals surface area contributed by atoms with Crippen LogP contribution < -0.4 is 4.72 Å². The Balaban J connectivity index is 2.30. The number of nitrogens with zero attached hydrogens (tertiary/aromatic N) is 1. The maximum atomic E-state index is 13.0. The number of rotatable bonds is 3. The summed E-state index contributed by atoms with van der Waals surface area (Å²) in [5, 5.41) is 0.392. The highest BCUT2D eigenvalue weighted by Gasteiger charge is 2.15. The normalized spacial score (nSPS) is 11.2. The molecule has 0 fully saturated rings. The zero-order chi connectivity index (χ0) is 13.2. The summed E-state index contributed by atoms with van der Waals surface area (Å²) in [5.74, 6) is -0.509. The molecule has 0 saturated carbocycles. The van der Waals surface area contributed by atoms with Gasteiger partial charge in [0.05, 0.1) is 9.92 Å². The van der Waals surface area contributed by atoms with Crippen molar-refractivity contribution in [3.8, 4) is 0 Å². The molecule has 2 aromatic rings. The fourth-order valence-electron chi connectivity index (χ4n) is 1.27. The average molecular weight is 287 g/mol. The van der Waals surface area contributed by atoms with Crippen LogP contribution in [0.25, 0.3) is 0 Å². The van der Waals surface area contributed by atoms with Gasteiger partial charge in [-0.05, 0) is 30.3 Å². The van der Waals surface area contributed by atoms with E-state index < -0.39 is 15.8 Å². The molecular weight excluding hydrogens is 279 g/mol. The molecule has 0 bridgehead atoms. The largest absolute Gasteiger partial charge is 0.263 e. The Bertz CT molecular complexity index is 659.